The molecule has 0 bridgehead atoms. The first-order chi connectivity index (χ1) is 7.31. The maximum absolute atomic E-state index is 3.17. The predicted octanol–water partition coefficient (Wildman–Crippen LogP) is 2.39. The van der Waals surface area contributed by atoms with Crippen LogP contribution in [0.25, 0.3) is 0 Å². The van der Waals surface area contributed by atoms with Crippen LogP contribution in [0.3, 0.4) is 0 Å². The van der Waals surface area contributed by atoms with Crippen molar-refractivity contribution < 1.29 is 0 Å². The van der Waals surface area contributed by atoms with E-state index in [4.69, 9.17) is 0 Å². The quantitative estimate of drug-likeness (QED) is 0.813. The summed E-state index contributed by atoms with van der Waals surface area (Å²) in [5.74, 6) is 0. The molecule has 2 heteroatoms. The minimum Gasteiger partial charge on any atom is -0.369 e. The van der Waals surface area contributed by atoms with Crippen molar-refractivity contribution in [3.63, 3.8) is 0 Å². The third-order valence-electron chi connectivity index (χ3n) is 3.20. The highest BCUT2D eigenvalue weighted by Crippen LogP contribution is 2.25. The van der Waals surface area contributed by atoms with Crippen LogP contribution in [-0.4, -0.2) is 19.6 Å². The molecule has 1 aromatic rings. The van der Waals surface area contributed by atoms with Gasteiger partial charge in [0, 0.05) is 24.8 Å². The molecule has 0 spiro atoms. The van der Waals surface area contributed by atoms with Crippen molar-refractivity contribution in [1.82, 2.24) is 5.32 Å². The van der Waals surface area contributed by atoms with Crippen molar-refractivity contribution in [2.75, 3.05) is 18.5 Å². The van der Waals surface area contributed by atoms with E-state index in [0.29, 0.717) is 6.04 Å². The molecule has 0 radical (unpaired) electrons. The molecule has 15 heavy (non-hydrogen) atoms. The molecule has 1 fully saturated rings. The van der Waals surface area contributed by atoms with E-state index in [1.165, 1.54) is 30.6 Å². The van der Waals surface area contributed by atoms with E-state index in [1.807, 2.05) is 7.05 Å². The van der Waals surface area contributed by atoms with Crippen molar-refractivity contribution in [3.8, 4) is 0 Å². The Bertz CT molecular complexity index is 305. The maximum Gasteiger partial charge on any atom is 0.0368 e. The van der Waals surface area contributed by atoms with Gasteiger partial charge in [0.2, 0.25) is 0 Å². The van der Waals surface area contributed by atoms with Crippen LogP contribution < -0.4 is 10.2 Å². The summed E-state index contributed by atoms with van der Waals surface area (Å²) < 4.78 is 0. The molecule has 1 unspecified atom stereocenters. The zero-order valence-electron chi connectivity index (χ0n) is 9.66. The summed E-state index contributed by atoms with van der Waals surface area (Å²) in [6, 6.07) is 9.64. The molecule has 1 N–H and O–H groups in total. The Morgan fingerprint density at radius 3 is 2.60 bits per heavy atom. The topological polar surface area (TPSA) is 15.3 Å². The highest BCUT2D eigenvalue weighted by atomic mass is 15.2. The Balaban J connectivity index is 2.09. The number of rotatable bonds is 3. The predicted molar refractivity (Wildman–Crippen MR) is 65.2 cm³/mol. The van der Waals surface area contributed by atoms with Gasteiger partial charge < -0.3 is 10.2 Å². The van der Waals surface area contributed by atoms with Crippen LogP contribution in [0.1, 0.15) is 25.3 Å². The average molecular weight is 204 g/mol. The van der Waals surface area contributed by atoms with Crippen LogP contribution >= 0.6 is 0 Å². The zero-order valence-corrected chi connectivity index (χ0v) is 9.66. The zero-order chi connectivity index (χ0) is 10.7. The van der Waals surface area contributed by atoms with Crippen molar-refractivity contribution in [2.24, 2.45) is 0 Å². The molecule has 1 atom stereocenters. The molecule has 1 aliphatic rings. The summed E-state index contributed by atoms with van der Waals surface area (Å²) >= 11 is 0. The SMILES string of the molecule is CNCc1ccc(N2CCCC2C)cc1. The van der Waals surface area contributed by atoms with Crippen LogP contribution in [0.5, 0.6) is 0 Å². The van der Waals surface area contributed by atoms with Crippen molar-refractivity contribution >= 4 is 5.69 Å². The lowest BCUT2D eigenvalue weighted by Gasteiger charge is -2.23. The average Bonchev–Trinajstić information content (AvgIpc) is 2.66. The van der Waals surface area contributed by atoms with Gasteiger partial charge in [-0.05, 0) is 44.5 Å². The molecule has 2 rings (SSSR count). The molecule has 0 aromatic heterocycles. The van der Waals surface area contributed by atoms with Crippen LogP contribution in [0.4, 0.5) is 5.69 Å². The summed E-state index contributed by atoms with van der Waals surface area (Å²) in [6.45, 7) is 4.48. The Morgan fingerprint density at radius 2 is 2.07 bits per heavy atom. The molecule has 1 heterocycles. The van der Waals surface area contributed by atoms with Gasteiger partial charge in [0.25, 0.3) is 0 Å². The molecule has 1 saturated heterocycles. The van der Waals surface area contributed by atoms with E-state index >= 15 is 0 Å². The summed E-state index contributed by atoms with van der Waals surface area (Å²) in [4.78, 5) is 2.50. The molecule has 0 amide bonds. The van der Waals surface area contributed by atoms with E-state index < -0.39 is 0 Å². The van der Waals surface area contributed by atoms with E-state index in [9.17, 15) is 0 Å². The molecule has 0 saturated carbocycles. The number of hydrogen-bond acceptors (Lipinski definition) is 2. The fraction of sp³-hybridized carbons (Fsp3) is 0.538. The minimum absolute atomic E-state index is 0.708. The second-order valence-corrected chi connectivity index (χ2v) is 4.38. The normalized spacial score (nSPS) is 20.9. The minimum atomic E-state index is 0.708. The third kappa shape index (κ3) is 2.32. The molecule has 82 valence electrons. The van der Waals surface area contributed by atoms with Crippen LogP contribution in [0.15, 0.2) is 24.3 Å². The van der Waals surface area contributed by atoms with Gasteiger partial charge in [-0.1, -0.05) is 12.1 Å². The molecule has 0 aliphatic carbocycles. The largest absolute Gasteiger partial charge is 0.369 e. The molecule has 1 aliphatic heterocycles. The molecular formula is C13H20N2. The van der Waals surface area contributed by atoms with Gasteiger partial charge in [-0.2, -0.15) is 0 Å². The van der Waals surface area contributed by atoms with Gasteiger partial charge in [-0.15, -0.1) is 0 Å². The summed E-state index contributed by atoms with van der Waals surface area (Å²) in [6.07, 6.45) is 2.66. The van der Waals surface area contributed by atoms with E-state index in [2.05, 4.69) is 41.4 Å². The fourth-order valence-corrected chi connectivity index (χ4v) is 2.33. The van der Waals surface area contributed by atoms with Crippen LogP contribution in [0, 0.1) is 0 Å². The maximum atomic E-state index is 3.17. The highest BCUT2D eigenvalue weighted by Gasteiger charge is 2.19. The van der Waals surface area contributed by atoms with Crippen molar-refractivity contribution in [3.05, 3.63) is 29.8 Å². The lowest BCUT2D eigenvalue weighted by atomic mass is 10.2. The molecule has 1 aromatic carbocycles. The smallest absolute Gasteiger partial charge is 0.0368 e. The fourth-order valence-electron chi connectivity index (χ4n) is 2.33. The van der Waals surface area contributed by atoms with Gasteiger partial charge in [0.1, 0.15) is 0 Å². The standard InChI is InChI=1S/C13H20N2/c1-11-4-3-9-15(11)13-7-5-12(6-8-13)10-14-2/h5-8,11,14H,3-4,9-10H2,1-2H3. The first-order valence-corrected chi connectivity index (χ1v) is 5.81. The van der Waals surface area contributed by atoms with Crippen molar-refractivity contribution in [2.45, 2.75) is 32.4 Å². The number of nitrogens with one attached hydrogen (secondary N) is 1. The molecule has 2 nitrogen and oxygen atoms in total. The summed E-state index contributed by atoms with van der Waals surface area (Å²) in [5.41, 5.74) is 2.73. The lowest BCUT2D eigenvalue weighted by Crippen LogP contribution is -2.26. The summed E-state index contributed by atoms with van der Waals surface area (Å²) in [7, 11) is 1.98. The number of anilines is 1. The Morgan fingerprint density at radius 1 is 1.33 bits per heavy atom. The van der Waals surface area contributed by atoms with E-state index in [0.717, 1.165) is 6.54 Å². The van der Waals surface area contributed by atoms with Crippen LogP contribution in [-0.2, 0) is 6.54 Å². The van der Waals surface area contributed by atoms with Gasteiger partial charge in [0.15, 0.2) is 0 Å². The van der Waals surface area contributed by atoms with Crippen LogP contribution in [0.2, 0.25) is 0 Å². The second kappa shape index (κ2) is 4.67. The summed E-state index contributed by atoms with van der Waals surface area (Å²) in [5, 5.41) is 3.17. The van der Waals surface area contributed by atoms with Crippen molar-refractivity contribution in [1.29, 1.82) is 0 Å². The first-order valence-electron chi connectivity index (χ1n) is 5.81. The third-order valence-corrected chi connectivity index (χ3v) is 3.20. The van der Waals surface area contributed by atoms with Gasteiger partial charge >= 0.3 is 0 Å². The Kier molecular flexibility index (Phi) is 3.27. The second-order valence-electron chi connectivity index (χ2n) is 4.38. The Labute approximate surface area is 92.3 Å². The monoisotopic (exact) mass is 204 g/mol. The number of nitrogens with zero attached hydrogens (tertiary/aromatic N) is 1. The highest BCUT2D eigenvalue weighted by molar-refractivity contribution is 5.49. The first kappa shape index (κ1) is 10.5. The van der Waals surface area contributed by atoms with Gasteiger partial charge in [0.05, 0.1) is 0 Å². The van der Waals surface area contributed by atoms with Gasteiger partial charge in [-0.25, -0.2) is 0 Å². The van der Waals surface area contributed by atoms with E-state index in [1.54, 1.807) is 0 Å². The lowest BCUT2D eigenvalue weighted by molar-refractivity contribution is 0.734. The Hall–Kier alpha value is -1.02. The molecular weight excluding hydrogens is 184 g/mol. The van der Waals surface area contributed by atoms with E-state index in [-0.39, 0.29) is 0 Å². The van der Waals surface area contributed by atoms with Gasteiger partial charge in [-0.3, -0.25) is 0 Å². The number of benzene rings is 1. The number of hydrogen-bond donors (Lipinski definition) is 1.